The minimum absolute atomic E-state index is 0.639. The van der Waals surface area contributed by atoms with Gasteiger partial charge in [-0.15, -0.1) is 0 Å². The van der Waals surface area contributed by atoms with Crippen molar-refractivity contribution in [3.8, 4) is 0 Å². The first-order valence-electron chi connectivity index (χ1n) is 5.26. The SMILES string of the molecule is CN(C)CC1CCCN1CCC(N)=S. The molecule has 2 N–H and O–H groups in total. The van der Waals surface area contributed by atoms with Gasteiger partial charge in [0.15, 0.2) is 0 Å². The Kier molecular flexibility index (Phi) is 4.78. The van der Waals surface area contributed by atoms with Crippen molar-refractivity contribution in [2.75, 3.05) is 33.7 Å². The minimum Gasteiger partial charge on any atom is -0.393 e. The van der Waals surface area contributed by atoms with E-state index in [4.69, 9.17) is 18.0 Å². The molecule has 0 radical (unpaired) electrons. The molecule has 1 atom stereocenters. The van der Waals surface area contributed by atoms with Crippen molar-refractivity contribution in [3.05, 3.63) is 0 Å². The van der Waals surface area contributed by atoms with Gasteiger partial charge in [-0.2, -0.15) is 0 Å². The van der Waals surface area contributed by atoms with Crippen molar-refractivity contribution in [1.29, 1.82) is 0 Å². The van der Waals surface area contributed by atoms with E-state index < -0.39 is 0 Å². The van der Waals surface area contributed by atoms with Gasteiger partial charge in [0, 0.05) is 25.6 Å². The quantitative estimate of drug-likeness (QED) is 0.684. The van der Waals surface area contributed by atoms with Gasteiger partial charge < -0.3 is 10.6 Å². The third-order valence-electron chi connectivity index (χ3n) is 2.72. The summed E-state index contributed by atoms with van der Waals surface area (Å²) in [6.07, 6.45) is 3.49. The molecule has 1 aliphatic heterocycles. The Labute approximate surface area is 92.2 Å². The number of nitrogens with two attached hydrogens (primary N) is 1. The average molecular weight is 215 g/mol. The molecule has 14 heavy (non-hydrogen) atoms. The van der Waals surface area contributed by atoms with Crippen LogP contribution in [0.2, 0.25) is 0 Å². The number of nitrogens with zero attached hydrogens (tertiary/aromatic N) is 2. The zero-order valence-electron chi connectivity index (χ0n) is 9.20. The molecule has 0 aromatic carbocycles. The molecule has 0 bridgehead atoms. The van der Waals surface area contributed by atoms with Crippen LogP contribution in [0.15, 0.2) is 0 Å². The van der Waals surface area contributed by atoms with Gasteiger partial charge in [0.05, 0.1) is 4.99 Å². The summed E-state index contributed by atoms with van der Waals surface area (Å²) in [6.45, 7) is 3.40. The molecule has 0 aromatic heterocycles. The minimum atomic E-state index is 0.639. The molecule has 0 spiro atoms. The van der Waals surface area contributed by atoms with Crippen LogP contribution in [0.25, 0.3) is 0 Å². The fraction of sp³-hybridized carbons (Fsp3) is 0.900. The van der Waals surface area contributed by atoms with Gasteiger partial charge in [0.25, 0.3) is 0 Å². The maximum atomic E-state index is 5.51. The van der Waals surface area contributed by atoms with E-state index in [-0.39, 0.29) is 0 Å². The van der Waals surface area contributed by atoms with Crippen molar-refractivity contribution in [2.45, 2.75) is 25.3 Å². The summed E-state index contributed by atoms with van der Waals surface area (Å²) in [7, 11) is 4.26. The van der Waals surface area contributed by atoms with Gasteiger partial charge in [0.2, 0.25) is 0 Å². The van der Waals surface area contributed by atoms with Gasteiger partial charge in [-0.05, 0) is 33.5 Å². The summed E-state index contributed by atoms with van der Waals surface area (Å²) in [5, 5.41) is 0. The predicted octanol–water partition coefficient (Wildman–Crippen LogP) is 0.689. The highest BCUT2D eigenvalue weighted by molar-refractivity contribution is 7.80. The van der Waals surface area contributed by atoms with Crippen molar-refractivity contribution in [1.82, 2.24) is 9.80 Å². The second-order valence-corrected chi connectivity index (χ2v) is 4.83. The average Bonchev–Trinajstić information content (AvgIpc) is 2.47. The lowest BCUT2D eigenvalue weighted by atomic mass is 10.2. The van der Waals surface area contributed by atoms with Crippen LogP contribution in [0.4, 0.5) is 0 Å². The first kappa shape index (κ1) is 11.9. The molecule has 82 valence electrons. The second kappa shape index (κ2) is 5.63. The van der Waals surface area contributed by atoms with Crippen LogP contribution in [0, 0.1) is 0 Å². The Balaban J connectivity index is 2.31. The number of thiocarbonyl (C=S) groups is 1. The number of hydrogen-bond donors (Lipinski definition) is 1. The molecule has 0 saturated carbocycles. The first-order valence-corrected chi connectivity index (χ1v) is 5.67. The zero-order chi connectivity index (χ0) is 10.6. The lowest BCUT2D eigenvalue weighted by molar-refractivity contribution is 0.212. The van der Waals surface area contributed by atoms with Crippen LogP contribution in [0.3, 0.4) is 0 Å². The van der Waals surface area contributed by atoms with Gasteiger partial charge in [-0.1, -0.05) is 12.2 Å². The van der Waals surface area contributed by atoms with E-state index in [1.165, 1.54) is 19.4 Å². The Morgan fingerprint density at radius 1 is 1.57 bits per heavy atom. The summed E-state index contributed by atoms with van der Waals surface area (Å²) in [4.78, 5) is 5.41. The van der Waals surface area contributed by atoms with E-state index in [0.29, 0.717) is 11.0 Å². The van der Waals surface area contributed by atoms with Crippen molar-refractivity contribution >= 4 is 17.2 Å². The third-order valence-corrected chi connectivity index (χ3v) is 2.92. The maximum absolute atomic E-state index is 5.51. The molecule has 1 heterocycles. The summed E-state index contributed by atoms with van der Waals surface area (Å²) in [5.41, 5.74) is 5.51. The molecular formula is C10H21N3S. The molecule has 3 nitrogen and oxygen atoms in total. The van der Waals surface area contributed by atoms with Crippen LogP contribution in [0.5, 0.6) is 0 Å². The monoisotopic (exact) mass is 215 g/mol. The van der Waals surface area contributed by atoms with Crippen LogP contribution < -0.4 is 5.73 Å². The standard InChI is InChI=1S/C10H21N3S/c1-12(2)8-9-4-3-6-13(9)7-5-10(11)14/h9H,3-8H2,1-2H3,(H2,11,14). The van der Waals surface area contributed by atoms with Gasteiger partial charge >= 0.3 is 0 Å². The zero-order valence-corrected chi connectivity index (χ0v) is 10.0. The van der Waals surface area contributed by atoms with E-state index in [1.54, 1.807) is 0 Å². The molecule has 0 aromatic rings. The Morgan fingerprint density at radius 2 is 2.29 bits per heavy atom. The number of hydrogen-bond acceptors (Lipinski definition) is 3. The van der Waals surface area contributed by atoms with Gasteiger partial charge in [0.1, 0.15) is 0 Å². The van der Waals surface area contributed by atoms with Crippen molar-refractivity contribution in [2.24, 2.45) is 5.73 Å². The van der Waals surface area contributed by atoms with Crippen LogP contribution in [0.1, 0.15) is 19.3 Å². The fourth-order valence-corrected chi connectivity index (χ4v) is 2.16. The van der Waals surface area contributed by atoms with Crippen molar-refractivity contribution < 1.29 is 0 Å². The van der Waals surface area contributed by atoms with E-state index >= 15 is 0 Å². The lowest BCUT2D eigenvalue weighted by Gasteiger charge is -2.26. The highest BCUT2D eigenvalue weighted by Gasteiger charge is 2.24. The molecule has 1 fully saturated rings. The van der Waals surface area contributed by atoms with Crippen LogP contribution >= 0.6 is 12.2 Å². The summed E-state index contributed by atoms with van der Waals surface area (Å²) >= 11 is 4.90. The topological polar surface area (TPSA) is 32.5 Å². The van der Waals surface area contributed by atoms with Gasteiger partial charge in [-0.3, -0.25) is 4.90 Å². The highest BCUT2D eigenvalue weighted by atomic mass is 32.1. The molecule has 1 rings (SSSR count). The smallest absolute Gasteiger partial charge is 0.0740 e. The number of likely N-dealkylation sites (N-methyl/N-ethyl adjacent to an activating group) is 1. The van der Waals surface area contributed by atoms with Crippen LogP contribution in [-0.4, -0.2) is 54.6 Å². The van der Waals surface area contributed by atoms with Crippen molar-refractivity contribution in [3.63, 3.8) is 0 Å². The predicted molar refractivity (Wildman–Crippen MR) is 64.6 cm³/mol. The Bertz CT molecular complexity index is 194. The third kappa shape index (κ3) is 3.90. The normalized spacial score (nSPS) is 23.2. The molecular weight excluding hydrogens is 194 g/mol. The second-order valence-electron chi connectivity index (χ2n) is 4.31. The van der Waals surface area contributed by atoms with E-state index in [1.807, 2.05) is 0 Å². The first-order chi connectivity index (χ1) is 6.59. The van der Waals surface area contributed by atoms with Gasteiger partial charge in [-0.25, -0.2) is 0 Å². The van der Waals surface area contributed by atoms with E-state index in [2.05, 4.69) is 23.9 Å². The fourth-order valence-electron chi connectivity index (χ4n) is 2.07. The lowest BCUT2D eigenvalue weighted by Crippen LogP contribution is -2.38. The maximum Gasteiger partial charge on any atom is 0.0740 e. The van der Waals surface area contributed by atoms with E-state index in [9.17, 15) is 0 Å². The molecule has 1 unspecified atom stereocenters. The molecule has 1 saturated heterocycles. The molecule has 0 amide bonds. The highest BCUT2D eigenvalue weighted by Crippen LogP contribution is 2.17. The number of rotatable bonds is 5. The summed E-state index contributed by atoms with van der Waals surface area (Å²) in [5.74, 6) is 0. The Hall–Kier alpha value is -0.190. The molecule has 1 aliphatic rings. The van der Waals surface area contributed by atoms with Crippen LogP contribution in [-0.2, 0) is 0 Å². The molecule has 0 aliphatic carbocycles. The molecule has 4 heteroatoms. The Morgan fingerprint density at radius 3 is 2.86 bits per heavy atom. The number of likely N-dealkylation sites (tertiary alicyclic amines) is 1. The van der Waals surface area contributed by atoms with E-state index in [0.717, 1.165) is 19.5 Å². The largest absolute Gasteiger partial charge is 0.393 e. The summed E-state index contributed by atoms with van der Waals surface area (Å²) < 4.78 is 0. The summed E-state index contributed by atoms with van der Waals surface area (Å²) in [6, 6.07) is 0.708.